The molecule has 0 aromatic carbocycles. The van der Waals surface area contributed by atoms with Gasteiger partial charge in [0.2, 0.25) is 0 Å². The van der Waals surface area contributed by atoms with Gasteiger partial charge in [0.05, 0.1) is 11.8 Å². The Labute approximate surface area is 150 Å². The largest absolute Gasteiger partial charge is 0.456 e. The van der Waals surface area contributed by atoms with Crippen LogP contribution in [0.5, 0.6) is 11.5 Å². The summed E-state index contributed by atoms with van der Waals surface area (Å²) in [7, 11) is 0. The van der Waals surface area contributed by atoms with E-state index >= 15 is 0 Å². The summed E-state index contributed by atoms with van der Waals surface area (Å²) in [5.74, 6) is 1.00. The number of carbonyl (C=O) groups is 1. The van der Waals surface area contributed by atoms with Gasteiger partial charge in [0.25, 0.3) is 5.91 Å². The third-order valence-corrected chi connectivity index (χ3v) is 3.45. The van der Waals surface area contributed by atoms with Gasteiger partial charge in [-0.3, -0.25) is 9.78 Å². The molecule has 0 aliphatic rings. The van der Waals surface area contributed by atoms with Crippen LogP contribution in [0.4, 0.5) is 5.82 Å². The number of rotatable bonds is 5. The number of pyridine rings is 3. The lowest BCUT2D eigenvalue weighted by Crippen LogP contribution is -2.15. The first-order valence-corrected chi connectivity index (χ1v) is 7.94. The van der Waals surface area contributed by atoms with Crippen molar-refractivity contribution in [1.82, 2.24) is 15.0 Å². The molecule has 0 spiro atoms. The van der Waals surface area contributed by atoms with E-state index < -0.39 is 5.91 Å². The molecule has 0 atom stereocenters. The van der Waals surface area contributed by atoms with Crippen LogP contribution in [-0.4, -0.2) is 20.9 Å². The molecule has 0 radical (unpaired) electrons. The zero-order valence-electron chi connectivity index (χ0n) is 14.0. The average Bonchev–Trinajstić information content (AvgIpc) is 2.69. The van der Waals surface area contributed by atoms with Crippen molar-refractivity contribution >= 4 is 11.7 Å². The van der Waals surface area contributed by atoms with Gasteiger partial charge in [-0.15, -0.1) is 0 Å². The molecule has 1 amide bonds. The Hall–Kier alpha value is -3.79. The summed E-state index contributed by atoms with van der Waals surface area (Å²) >= 11 is 0. The van der Waals surface area contributed by atoms with Crippen molar-refractivity contribution in [3.8, 4) is 17.6 Å². The second-order valence-electron chi connectivity index (χ2n) is 5.32. The van der Waals surface area contributed by atoms with Gasteiger partial charge in [-0.1, -0.05) is 6.92 Å². The van der Waals surface area contributed by atoms with Crippen LogP contribution in [0.25, 0.3) is 0 Å². The number of anilines is 1. The number of aryl methyl sites for hydroxylation is 1. The third-order valence-electron chi connectivity index (χ3n) is 3.45. The van der Waals surface area contributed by atoms with Crippen molar-refractivity contribution in [3.63, 3.8) is 0 Å². The molecule has 0 unspecified atom stereocenters. The number of ether oxygens (including phenoxy) is 1. The fourth-order valence-electron chi connectivity index (χ4n) is 2.17. The molecule has 3 aromatic rings. The van der Waals surface area contributed by atoms with Crippen LogP contribution in [0.2, 0.25) is 0 Å². The smallest absolute Gasteiger partial charge is 0.275 e. The van der Waals surface area contributed by atoms with E-state index in [1.54, 1.807) is 48.8 Å². The molecule has 3 aromatic heterocycles. The Balaban J connectivity index is 1.82. The van der Waals surface area contributed by atoms with E-state index in [0.717, 1.165) is 5.69 Å². The normalized spacial score (nSPS) is 10.0. The number of nitrogens with one attached hydrogen (secondary N) is 1. The summed E-state index contributed by atoms with van der Waals surface area (Å²) < 4.78 is 5.76. The molecule has 0 bridgehead atoms. The zero-order chi connectivity index (χ0) is 18.4. The molecule has 7 nitrogen and oxygen atoms in total. The van der Waals surface area contributed by atoms with Crippen LogP contribution in [0, 0.1) is 11.3 Å². The lowest BCUT2D eigenvalue weighted by atomic mass is 10.2. The Morgan fingerprint density at radius 3 is 2.77 bits per heavy atom. The molecule has 26 heavy (non-hydrogen) atoms. The molecule has 0 aliphatic carbocycles. The number of hydrogen-bond acceptors (Lipinski definition) is 6. The fourth-order valence-corrected chi connectivity index (χ4v) is 2.17. The number of nitrogens with zero attached hydrogens (tertiary/aromatic N) is 4. The number of nitriles is 1. The van der Waals surface area contributed by atoms with Crippen LogP contribution in [-0.2, 0) is 6.42 Å². The van der Waals surface area contributed by atoms with E-state index in [0.29, 0.717) is 29.3 Å². The highest BCUT2D eigenvalue weighted by Crippen LogP contribution is 2.22. The SMILES string of the molecule is CCc1cc(Oc2cccnc2)cc(C(=O)Nc2ccc(C#N)cn2)n1. The monoisotopic (exact) mass is 345 g/mol. The molecule has 0 aliphatic heterocycles. The Morgan fingerprint density at radius 1 is 1.23 bits per heavy atom. The number of aromatic nitrogens is 3. The zero-order valence-corrected chi connectivity index (χ0v) is 14.0. The Kier molecular flexibility index (Phi) is 5.15. The van der Waals surface area contributed by atoms with Crippen molar-refractivity contribution in [2.75, 3.05) is 5.32 Å². The molecule has 1 N–H and O–H groups in total. The highest BCUT2D eigenvalue weighted by Gasteiger charge is 2.12. The predicted octanol–water partition coefficient (Wildman–Crippen LogP) is 3.35. The van der Waals surface area contributed by atoms with Crippen molar-refractivity contribution in [2.45, 2.75) is 13.3 Å². The van der Waals surface area contributed by atoms with Gasteiger partial charge >= 0.3 is 0 Å². The first-order valence-electron chi connectivity index (χ1n) is 7.94. The summed E-state index contributed by atoms with van der Waals surface area (Å²) in [5, 5.41) is 11.5. The minimum Gasteiger partial charge on any atom is -0.456 e. The third kappa shape index (κ3) is 4.19. The Bertz CT molecular complexity index is 950. The highest BCUT2D eigenvalue weighted by atomic mass is 16.5. The molecule has 7 heteroatoms. The molecule has 0 fully saturated rings. The van der Waals surface area contributed by atoms with Gasteiger partial charge in [-0.2, -0.15) is 5.26 Å². The van der Waals surface area contributed by atoms with E-state index in [-0.39, 0.29) is 5.69 Å². The highest BCUT2D eigenvalue weighted by molar-refractivity contribution is 6.02. The molecule has 0 saturated carbocycles. The summed E-state index contributed by atoms with van der Waals surface area (Å²) in [6, 6.07) is 12.0. The summed E-state index contributed by atoms with van der Waals surface area (Å²) in [6.07, 6.45) is 5.29. The van der Waals surface area contributed by atoms with Crippen LogP contribution >= 0.6 is 0 Å². The van der Waals surface area contributed by atoms with E-state index in [4.69, 9.17) is 10.00 Å². The topological polar surface area (TPSA) is 101 Å². The maximum atomic E-state index is 12.5. The van der Waals surface area contributed by atoms with Gasteiger partial charge in [-0.25, -0.2) is 9.97 Å². The van der Waals surface area contributed by atoms with Gasteiger partial charge in [0.1, 0.15) is 29.1 Å². The minimum atomic E-state index is -0.409. The van der Waals surface area contributed by atoms with E-state index in [9.17, 15) is 4.79 Å². The van der Waals surface area contributed by atoms with Crippen molar-refractivity contribution < 1.29 is 9.53 Å². The van der Waals surface area contributed by atoms with Crippen molar-refractivity contribution in [3.05, 3.63) is 71.9 Å². The minimum absolute atomic E-state index is 0.217. The van der Waals surface area contributed by atoms with Gasteiger partial charge in [0.15, 0.2) is 0 Å². The molecule has 128 valence electrons. The molecular formula is C19H15N5O2. The summed E-state index contributed by atoms with van der Waals surface area (Å²) in [4.78, 5) is 24.9. The molecule has 3 rings (SSSR count). The second-order valence-corrected chi connectivity index (χ2v) is 5.32. The van der Waals surface area contributed by atoms with E-state index in [1.807, 2.05) is 13.0 Å². The van der Waals surface area contributed by atoms with Crippen LogP contribution in [0.15, 0.2) is 55.0 Å². The van der Waals surface area contributed by atoms with Gasteiger partial charge in [0, 0.05) is 30.2 Å². The summed E-state index contributed by atoms with van der Waals surface area (Å²) in [6.45, 7) is 1.94. The van der Waals surface area contributed by atoms with Crippen molar-refractivity contribution in [2.24, 2.45) is 0 Å². The first-order chi connectivity index (χ1) is 12.7. The summed E-state index contributed by atoms with van der Waals surface area (Å²) in [5.41, 5.74) is 1.36. The lowest BCUT2D eigenvalue weighted by Gasteiger charge is -2.10. The molecule has 3 heterocycles. The Morgan fingerprint density at radius 2 is 2.12 bits per heavy atom. The number of amides is 1. The number of hydrogen-bond donors (Lipinski definition) is 1. The van der Waals surface area contributed by atoms with E-state index in [2.05, 4.69) is 20.3 Å². The maximum absolute atomic E-state index is 12.5. The molecule has 0 saturated heterocycles. The lowest BCUT2D eigenvalue weighted by molar-refractivity contribution is 0.102. The quantitative estimate of drug-likeness (QED) is 0.761. The first kappa shape index (κ1) is 17.0. The van der Waals surface area contributed by atoms with Crippen molar-refractivity contribution in [1.29, 1.82) is 5.26 Å². The average molecular weight is 345 g/mol. The second kappa shape index (κ2) is 7.85. The molecular weight excluding hydrogens is 330 g/mol. The van der Waals surface area contributed by atoms with Gasteiger partial charge in [-0.05, 0) is 30.7 Å². The van der Waals surface area contributed by atoms with Crippen LogP contribution in [0.3, 0.4) is 0 Å². The van der Waals surface area contributed by atoms with Gasteiger partial charge < -0.3 is 10.1 Å². The standard InChI is InChI=1S/C19H15N5O2/c1-2-14-8-16(26-15-4-3-7-21-12-15)9-17(23-14)19(25)24-18-6-5-13(10-20)11-22-18/h3-9,11-12H,2H2,1H3,(H,22,24,25). The predicted molar refractivity (Wildman–Crippen MR) is 94.8 cm³/mol. The maximum Gasteiger partial charge on any atom is 0.275 e. The van der Waals surface area contributed by atoms with E-state index in [1.165, 1.54) is 6.20 Å². The van der Waals surface area contributed by atoms with Crippen LogP contribution in [0.1, 0.15) is 28.7 Å². The van der Waals surface area contributed by atoms with Crippen LogP contribution < -0.4 is 10.1 Å². The number of carbonyl (C=O) groups excluding carboxylic acids is 1. The fraction of sp³-hybridized carbons (Fsp3) is 0.105.